The summed E-state index contributed by atoms with van der Waals surface area (Å²) in [6.07, 6.45) is 4.21. The van der Waals surface area contributed by atoms with Crippen molar-refractivity contribution in [3.8, 4) is 11.5 Å². The van der Waals surface area contributed by atoms with E-state index in [-0.39, 0.29) is 16.6 Å². The maximum atomic E-state index is 15.5. The summed E-state index contributed by atoms with van der Waals surface area (Å²) < 4.78 is 41.2. The first-order valence-corrected chi connectivity index (χ1v) is 17.2. The Bertz CT molecular complexity index is 1840. The van der Waals surface area contributed by atoms with Crippen molar-refractivity contribution in [1.29, 1.82) is 0 Å². The number of amides is 1. The lowest BCUT2D eigenvalue weighted by atomic mass is 9.80. The van der Waals surface area contributed by atoms with Crippen LogP contribution in [-0.4, -0.2) is 51.5 Å². The number of ether oxygens (including phenoxy) is 2. The van der Waals surface area contributed by atoms with Crippen LogP contribution >= 0.6 is 11.6 Å². The Morgan fingerprint density at radius 1 is 1.00 bits per heavy atom. The number of sulfonamides is 1. The van der Waals surface area contributed by atoms with Gasteiger partial charge in [-0.25, -0.2) is 12.7 Å². The number of aromatic nitrogens is 1. The van der Waals surface area contributed by atoms with Crippen LogP contribution in [-0.2, 0) is 26.9 Å². The zero-order valence-electron chi connectivity index (χ0n) is 26.1. The molecule has 0 radical (unpaired) electrons. The minimum atomic E-state index is -4.39. The number of likely N-dealkylation sites (tertiary alicyclic amines) is 1. The third-order valence-electron chi connectivity index (χ3n) is 8.78. The van der Waals surface area contributed by atoms with Crippen molar-refractivity contribution in [2.24, 2.45) is 0 Å². The van der Waals surface area contributed by atoms with E-state index in [9.17, 15) is 8.42 Å². The van der Waals surface area contributed by atoms with Gasteiger partial charge in [0.25, 0.3) is 15.9 Å². The zero-order chi connectivity index (χ0) is 32.5. The molecule has 0 saturated carbocycles. The lowest BCUT2D eigenvalue weighted by Gasteiger charge is -2.42. The summed E-state index contributed by atoms with van der Waals surface area (Å²) in [5, 5.41) is 3.82. The Morgan fingerprint density at radius 2 is 1.80 bits per heavy atom. The van der Waals surface area contributed by atoms with Crippen LogP contribution < -0.4 is 19.1 Å². The summed E-state index contributed by atoms with van der Waals surface area (Å²) in [4.78, 5) is 22.2. The molecule has 4 aromatic rings. The van der Waals surface area contributed by atoms with Gasteiger partial charge in [0.1, 0.15) is 11.5 Å². The first kappa shape index (κ1) is 32.0. The van der Waals surface area contributed by atoms with Crippen molar-refractivity contribution in [1.82, 2.24) is 15.2 Å². The standard InChI is InChI=1S/C35H37ClN4O5S/c1-4-18-37-23-24-10-17-33(45-3)29(21-24)35(39-20-7-9-32(39)30-8-5-6-19-38-30)28-22-25(36)11-16-31(28)40(34(35)41)46(42,43)27-14-12-26(44-2)13-15-27/h5-6,8,10-17,19,21-22,32,37H,4,7,9,18,20,23H2,1-3H3. The van der Waals surface area contributed by atoms with Gasteiger partial charge in [0.05, 0.1) is 36.5 Å². The number of halogens is 1. The van der Waals surface area contributed by atoms with E-state index < -0.39 is 21.5 Å². The summed E-state index contributed by atoms with van der Waals surface area (Å²) in [6, 6.07) is 22.2. The van der Waals surface area contributed by atoms with Crippen molar-refractivity contribution in [2.45, 2.75) is 49.2 Å². The van der Waals surface area contributed by atoms with Gasteiger partial charge >= 0.3 is 0 Å². The molecule has 0 spiro atoms. The van der Waals surface area contributed by atoms with Crippen LogP contribution in [0.15, 0.2) is 90.0 Å². The van der Waals surface area contributed by atoms with Crippen LogP contribution in [0.25, 0.3) is 0 Å². The number of anilines is 1. The number of hydrogen-bond acceptors (Lipinski definition) is 8. The highest BCUT2D eigenvalue weighted by Gasteiger charge is 2.62. The van der Waals surface area contributed by atoms with Gasteiger partial charge in [-0.05, 0) is 98.1 Å². The number of fused-ring (bicyclic) bond motifs is 1. The molecule has 0 bridgehead atoms. The molecule has 11 heteroatoms. The fourth-order valence-electron chi connectivity index (χ4n) is 6.74. The normalized spacial score (nSPS) is 19.8. The largest absolute Gasteiger partial charge is 0.497 e. The average molecular weight is 661 g/mol. The second-order valence-electron chi connectivity index (χ2n) is 11.4. The maximum absolute atomic E-state index is 15.5. The molecule has 240 valence electrons. The lowest BCUT2D eigenvalue weighted by molar-refractivity contribution is -0.127. The number of carbonyl (C=O) groups excluding carboxylic acids is 1. The Labute approximate surface area is 275 Å². The molecule has 2 unspecified atom stereocenters. The number of benzene rings is 3. The Hall–Kier alpha value is -3.96. The van der Waals surface area contributed by atoms with E-state index in [1.54, 1.807) is 43.6 Å². The van der Waals surface area contributed by atoms with Gasteiger partial charge in [0.15, 0.2) is 5.54 Å². The lowest BCUT2D eigenvalue weighted by Crippen LogP contribution is -2.54. The summed E-state index contributed by atoms with van der Waals surface area (Å²) in [7, 11) is -1.32. The van der Waals surface area contributed by atoms with E-state index in [4.69, 9.17) is 21.1 Å². The number of carbonyl (C=O) groups is 1. The van der Waals surface area contributed by atoms with Crippen molar-refractivity contribution < 1.29 is 22.7 Å². The van der Waals surface area contributed by atoms with Gasteiger partial charge < -0.3 is 14.8 Å². The van der Waals surface area contributed by atoms with Gasteiger partial charge in [0, 0.05) is 35.4 Å². The topological polar surface area (TPSA) is 101 Å². The van der Waals surface area contributed by atoms with Crippen LogP contribution in [0.5, 0.6) is 11.5 Å². The molecular formula is C35H37ClN4O5S. The van der Waals surface area contributed by atoms with E-state index in [0.717, 1.165) is 41.4 Å². The third kappa shape index (κ3) is 5.33. The van der Waals surface area contributed by atoms with Crippen LogP contribution in [0.2, 0.25) is 5.02 Å². The van der Waals surface area contributed by atoms with Crippen LogP contribution in [0.1, 0.15) is 54.6 Å². The molecule has 1 aromatic heterocycles. The highest BCUT2D eigenvalue weighted by molar-refractivity contribution is 7.93. The van der Waals surface area contributed by atoms with Gasteiger partial charge in [-0.3, -0.25) is 14.7 Å². The SMILES string of the molecule is CCCNCc1ccc(OC)c(C2(N3CCCC3c3ccccn3)C(=O)N(S(=O)(=O)c3ccc(OC)cc3)c3ccc(Cl)cc32)c1. The fraction of sp³-hybridized carbons (Fsp3) is 0.314. The number of nitrogens with zero attached hydrogens (tertiary/aromatic N) is 3. The molecule has 2 aliphatic heterocycles. The first-order valence-electron chi connectivity index (χ1n) is 15.4. The van der Waals surface area contributed by atoms with E-state index in [1.165, 1.54) is 19.2 Å². The monoisotopic (exact) mass is 660 g/mol. The molecular weight excluding hydrogens is 624 g/mol. The number of rotatable bonds is 11. The fourth-order valence-corrected chi connectivity index (χ4v) is 8.37. The highest BCUT2D eigenvalue weighted by Crippen LogP contribution is 2.56. The predicted molar refractivity (Wildman–Crippen MR) is 178 cm³/mol. The summed E-state index contributed by atoms with van der Waals surface area (Å²) in [5.41, 5.74) is 1.40. The molecule has 3 heterocycles. The quantitative estimate of drug-likeness (QED) is 0.194. The van der Waals surface area contributed by atoms with Crippen molar-refractivity contribution in [3.63, 3.8) is 0 Å². The molecule has 6 rings (SSSR count). The van der Waals surface area contributed by atoms with Gasteiger partial charge in [0.2, 0.25) is 0 Å². The molecule has 1 saturated heterocycles. The minimum absolute atomic E-state index is 0.0365. The molecule has 3 aromatic carbocycles. The molecule has 1 fully saturated rings. The van der Waals surface area contributed by atoms with E-state index in [0.29, 0.717) is 40.7 Å². The molecule has 1 amide bonds. The first-order chi connectivity index (χ1) is 22.3. The van der Waals surface area contributed by atoms with Crippen LogP contribution in [0, 0.1) is 0 Å². The molecule has 2 aliphatic rings. The van der Waals surface area contributed by atoms with E-state index in [2.05, 4.69) is 22.1 Å². The second kappa shape index (κ2) is 13.0. The van der Waals surface area contributed by atoms with Gasteiger partial charge in [-0.2, -0.15) is 0 Å². The maximum Gasteiger partial charge on any atom is 0.271 e. The number of pyridine rings is 1. The average Bonchev–Trinajstić information content (AvgIpc) is 3.66. The Balaban J connectivity index is 1.64. The van der Waals surface area contributed by atoms with Crippen LogP contribution in [0.4, 0.5) is 5.69 Å². The van der Waals surface area contributed by atoms with Crippen molar-refractivity contribution in [3.05, 3.63) is 112 Å². The number of methoxy groups -OCH3 is 2. The molecule has 1 N–H and O–H groups in total. The smallest absolute Gasteiger partial charge is 0.271 e. The summed E-state index contributed by atoms with van der Waals surface area (Å²) in [6.45, 7) is 4.00. The number of nitrogens with one attached hydrogen (secondary N) is 1. The number of hydrogen-bond donors (Lipinski definition) is 1. The summed E-state index contributed by atoms with van der Waals surface area (Å²) >= 11 is 6.68. The van der Waals surface area contributed by atoms with E-state index >= 15 is 4.79 Å². The van der Waals surface area contributed by atoms with Gasteiger partial charge in [-0.1, -0.05) is 30.7 Å². The zero-order valence-corrected chi connectivity index (χ0v) is 27.6. The Morgan fingerprint density at radius 3 is 2.50 bits per heavy atom. The van der Waals surface area contributed by atoms with E-state index in [1.807, 2.05) is 36.4 Å². The third-order valence-corrected chi connectivity index (χ3v) is 10.7. The molecule has 2 atom stereocenters. The second-order valence-corrected chi connectivity index (χ2v) is 13.7. The minimum Gasteiger partial charge on any atom is -0.497 e. The van der Waals surface area contributed by atoms with Crippen molar-refractivity contribution >= 4 is 33.2 Å². The molecule has 9 nitrogen and oxygen atoms in total. The highest BCUT2D eigenvalue weighted by atomic mass is 35.5. The van der Waals surface area contributed by atoms with Crippen LogP contribution in [0.3, 0.4) is 0 Å². The predicted octanol–water partition coefficient (Wildman–Crippen LogP) is 6.07. The summed E-state index contributed by atoms with van der Waals surface area (Å²) in [5.74, 6) is 0.344. The molecule has 0 aliphatic carbocycles. The van der Waals surface area contributed by atoms with Crippen molar-refractivity contribution in [2.75, 3.05) is 31.6 Å². The van der Waals surface area contributed by atoms with Gasteiger partial charge in [-0.15, -0.1) is 0 Å². The Kier molecular flexibility index (Phi) is 9.07. The molecule has 46 heavy (non-hydrogen) atoms.